The molecular weight excluding hydrogens is 234 g/mol. The molecule has 0 heterocycles. The molecule has 1 aromatic rings. The highest BCUT2D eigenvalue weighted by atomic mass is 16.1. The minimum atomic E-state index is 0.196. The Labute approximate surface area is 115 Å². The highest BCUT2D eigenvalue weighted by Crippen LogP contribution is 2.49. The van der Waals surface area contributed by atoms with Gasteiger partial charge >= 0.3 is 0 Å². The summed E-state index contributed by atoms with van der Waals surface area (Å²) < 4.78 is 0. The summed E-state index contributed by atoms with van der Waals surface area (Å²) in [6.45, 7) is 2.14. The monoisotopic (exact) mass is 257 g/mol. The van der Waals surface area contributed by atoms with Crippen LogP contribution in [0.25, 0.3) is 0 Å². The van der Waals surface area contributed by atoms with Crippen LogP contribution in [0, 0.1) is 17.8 Å². The maximum atomic E-state index is 12.1. The second-order valence-electron chi connectivity index (χ2n) is 6.24. The van der Waals surface area contributed by atoms with Gasteiger partial charge in [0, 0.05) is 12.1 Å². The molecule has 19 heavy (non-hydrogen) atoms. The molecule has 2 heteroatoms. The van der Waals surface area contributed by atoms with Crippen LogP contribution in [0.15, 0.2) is 24.3 Å². The Hall–Kier alpha value is -1.31. The van der Waals surface area contributed by atoms with Crippen molar-refractivity contribution in [2.75, 3.05) is 5.32 Å². The number of fused-ring (bicyclic) bond motifs is 2. The molecule has 1 amide bonds. The summed E-state index contributed by atoms with van der Waals surface area (Å²) in [5, 5.41) is 3.04. The molecule has 0 aliphatic heterocycles. The van der Waals surface area contributed by atoms with Gasteiger partial charge in [-0.1, -0.05) is 25.5 Å². The zero-order valence-corrected chi connectivity index (χ0v) is 11.7. The number of carbonyl (C=O) groups is 1. The topological polar surface area (TPSA) is 29.1 Å². The SMILES string of the molecule is CCc1ccc(NC(=O)C[C@@H]2C[C@@H]3CC[C@@H]2C3)cc1. The van der Waals surface area contributed by atoms with E-state index >= 15 is 0 Å². The van der Waals surface area contributed by atoms with E-state index in [1.165, 1.54) is 31.2 Å². The zero-order chi connectivity index (χ0) is 13.2. The van der Waals surface area contributed by atoms with Gasteiger partial charge in [-0.3, -0.25) is 4.79 Å². The first kappa shape index (κ1) is 12.7. The number of carbonyl (C=O) groups excluding carboxylic acids is 1. The van der Waals surface area contributed by atoms with Gasteiger partial charge in [0.25, 0.3) is 0 Å². The van der Waals surface area contributed by atoms with Crippen LogP contribution < -0.4 is 5.32 Å². The van der Waals surface area contributed by atoms with E-state index in [1.807, 2.05) is 12.1 Å². The van der Waals surface area contributed by atoms with Crippen molar-refractivity contribution in [3.05, 3.63) is 29.8 Å². The number of nitrogens with one attached hydrogen (secondary N) is 1. The normalized spacial score (nSPS) is 28.6. The Morgan fingerprint density at radius 2 is 2.00 bits per heavy atom. The summed E-state index contributed by atoms with van der Waals surface area (Å²) >= 11 is 0. The molecule has 0 radical (unpaired) electrons. The molecule has 0 aromatic heterocycles. The van der Waals surface area contributed by atoms with E-state index in [2.05, 4.69) is 24.4 Å². The maximum absolute atomic E-state index is 12.1. The first-order valence-corrected chi connectivity index (χ1v) is 7.63. The number of benzene rings is 1. The highest BCUT2D eigenvalue weighted by molar-refractivity contribution is 5.90. The lowest BCUT2D eigenvalue weighted by Crippen LogP contribution is -2.20. The summed E-state index contributed by atoms with van der Waals surface area (Å²) in [7, 11) is 0. The molecule has 2 saturated carbocycles. The van der Waals surface area contributed by atoms with Crippen molar-refractivity contribution in [1.82, 2.24) is 0 Å². The zero-order valence-electron chi connectivity index (χ0n) is 11.7. The van der Waals surface area contributed by atoms with Gasteiger partial charge in [-0.2, -0.15) is 0 Å². The maximum Gasteiger partial charge on any atom is 0.224 e. The van der Waals surface area contributed by atoms with Gasteiger partial charge in [-0.15, -0.1) is 0 Å². The Kier molecular flexibility index (Phi) is 3.58. The smallest absolute Gasteiger partial charge is 0.224 e. The van der Waals surface area contributed by atoms with Gasteiger partial charge < -0.3 is 5.32 Å². The minimum Gasteiger partial charge on any atom is -0.326 e. The molecule has 0 unspecified atom stereocenters. The Morgan fingerprint density at radius 1 is 1.21 bits per heavy atom. The quantitative estimate of drug-likeness (QED) is 0.867. The number of anilines is 1. The van der Waals surface area contributed by atoms with Crippen molar-refractivity contribution in [2.45, 2.75) is 45.4 Å². The molecule has 2 nitrogen and oxygen atoms in total. The lowest BCUT2D eigenvalue weighted by atomic mass is 9.86. The fourth-order valence-electron chi connectivity index (χ4n) is 3.90. The number of amides is 1. The predicted octanol–water partition coefficient (Wildman–Crippen LogP) is 4.01. The van der Waals surface area contributed by atoms with Crippen molar-refractivity contribution in [3.63, 3.8) is 0 Å². The van der Waals surface area contributed by atoms with Crippen molar-refractivity contribution >= 4 is 11.6 Å². The first-order valence-electron chi connectivity index (χ1n) is 7.63. The molecular formula is C17H23NO. The summed E-state index contributed by atoms with van der Waals surface area (Å²) in [6.07, 6.45) is 7.18. The summed E-state index contributed by atoms with van der Waals surface area (Å²) in [5.41, 5.74) is 2.25. The number of hydrogen-bond acceptors (Lipinski definition) is 1. The average Bonchev–Trinajstić information content (AvgIpc) is 3.02. The molecule has 2 bridgehead atoms. The van der Waals surface area contributed by atoms with E-state index < -0.39 is 0 Å². The number of rotatable bonds is 4. The summed E-state index contributed by atoms with van der Waals surface area (Å²) in [6, 6.07) is 8.20. The van der Waals surface area contributed by atoms with Gasteiger partial charge in [0.1, 0.15) is 0 Å². The third-order valence-corrected chi connectivity index (χ3v) is 4.98. The van der Waals surface area contributed by atoms with Crippen LogP contribution >= 0.6 is 0 Å². The lowest BCUT2D eigenvalue weighted by molar-refractivity contribution is -0.117. The average molecular weight is 257 g/mol. The van der Waals surface area contributed by atoms with E-state index in [1.54, 1.807) is 0 Å². The first-order chi connectivity index (χ1) is 9.24. The minimum absolute atomic E-state index is 0.196. The van der Waals surface area contributed by atoms with E-state index in [-0.39, 0.29) is 5.91 Å². The van der Waals surface area contributed by atoms with Gasteiger partial charge in [0.2, 0.25) is 5.91 Å². The predicted molar refractivity (Wildman–Crippen MR) is 78.0 cm³/mol. The van der Waals surface area contributed by atoms with Gasteiger partial charge in [-0.05, 0) is 61.1 Å². The molecule has 3 atom stereocenters. The fourth-order valence-corrected chi connectivity index (χ4v) is 3.90. The molecule has 3 rings (SSSR count). The lowest BCUT2D eigenvalue weighted by Gasteiger charge is -2.20. The molecule has 2 aliphatic carbocycles. The molecule has 0 spiro atoms. The van der Waals surface area contributed by atoms with Gasteiger partial charge in [-0.25, -0.2) is 0 Å². The van der Waals surface area contributed by atoms with Crippen molar-refractivity contribution in [2.24, 2.45) is 17.8 Å². The standard InChI is InChI=1S/C17H23NO/c1-2-12-4-7-16(8-5-12)18-17(19)11-15-10-13-3-6-14(15)9-13/h4-5,7-8,13-15H,2-3,6,9-11H2,1H3,(H,18,19)/t13-,14-,15+/m1/s1. The third kappa shape index (κ3) is 2.83. The molecule has 2 aliphatic rings. The summed E-state index contributed by atoms with van der Waals surface area (Å²) in [4.78, 5) is 12.1. The Balaban J connectivity index is 1.53. The van der Waals surface area contributed by atoms with Gasteiger partial charge in [0.15, 0.2) is 0 Å². The Morgan fingerprint density at radius 3 is 2.58 bits per heavy atom. The van der Waals surface area contributed by atoms with E-state index in [9.17, 15) is 4.79 Å². The molecule has 102 valence electrons. The molecule has 0 saturated heterocycles. The summed E-state index contributed by atoms with van der Waals surface area (Å²) in [5.74, 6) is 2.60. The number of hydrogen-bond donors (Lipinski definition) is 1. The third-order valence-electron chi connectivity index (χ3n) is 4.98. The second-order valence-corrected chi connectivity index (χ2v) is 6.24. The number of aryl methyl sites for hydroxylation is 1. The van der Waals surface area contributed by atoms with Crippen molar-refractivity contribution < 1.29 is 4.79 Å². The van der Waals surface area contributed by atoms with Crippen LogP contribution in [0.5, 0.6) is 0 Å². The van der Waals surface area contributed by atoms with E-state index in [4.69, 9.17) is 0 Å². The van der Waals surface area contributed by atoms with E-state index in [0.29, 0.717) is 5.92 Å². The Bertz CT molecular complexity index is 451. The van der Waals surface area contributed by atoms with Gasteiger partial charge in [0.05, 0.1) is 0 Å². The van der Waals surface area contributed by atoms with Crippen LogP contribution in [0.2, 0.25) is 0 Å². The largest absolute Gasteiger partial charge is 0.326 e. The van der Waals surface area contributed by atoms with E-state index in [0.717, 1.165) is 30.4 Å². The highest BCUT2D eigenvalue weighted by Gasteiger charge is 2.40. The van der Waals surface area contributed by atoms with Crippen LogP contribution in [-0.4, -0.2) is 5.91 Å². The van der Waals surface area contributed by atoms with Crippen LogP contribution in [-0.2, 0) is 11.2 Å². The van der Waals surface area contributed by atoms with Crippen LogP contribution in [0.4, 0.5) is 5.69 Å². The van der Waals surface area contributed by atoms with Crippen LogP contribution in [0.1, 0.15) is 44.6 Å². The molecule has 2 fully saturated rings. The second kappa shape index (κ2) is 5.36. The molecule has 1 N–H and O–H groups in total. The molecule has 1 aromatic carbocycles. The van der Waals surface area contributed by atoms with Crippen LogP contribution in [0.3, 0.4) is 0 Å². The van der Waals surface area contributed by atoms with Crippen molar-refractivity contribution in [3.8, 4) is 0 Å². The fraction of sp³-hybridized carbons (Fsp3) is 0.588. The van der Waals surface area contributed by atoms with Crippen molar-refractivity contribution in [1.29, 1.82) is 0 Å².